The highest BCUT2D eigenvalue weighted by molar-refractivity contribution is 6.31. The van der Waals surface area contributed by atoms with Crippen molar-refractivity contribution in [1.82, 2.24) is 14.2 Å². The second-order valence-corrected chi connectivity index (χ2v) is 6.80. The monoisotopic (exact) mass is 397 g/mol. The van der Waals surface area contributed by atoms with Gasteiger partial charge in [-0.2, -0.15) is 5.10 Å². The Morgan fingerprint density at radius 1 is 1.07 bits per heavy atom. The van der Waals surface area contributed by atoms with Gasteiger partial charge in [0.05, 0.1) is 12.2 Å². The number of ether oxygens (including phenoxy) is 2. The Kier molecular flexibility index (Phi) is 3.84. The van der Waals surface area contributed by atoms with Crippen molar-refractivity contribution in [3.05, 3.63) is 81.6 Å². The average molecular weight is 398 g/mol. The van der Waals surface area contributed by atoms with Crippen LogP contribution in [0, 0.1) is 5.82 Å². The topological polar surface area (TPSA) is 57.8 Å². The highest BCUT2D eigenvalue weighted by Crippen LogP contribution is 2.35. The molecule has 0 aliphatic carbocycles. The first-order valence-electron chi connectivity index (χ1n) is 8.51. The standard InChI is InChI=1S/C20H13ClFN3O3/c21-15-8-14(22)3-1-13(15)10-24-5-6-25-17(20(24)26)9-16(23-25)12-2-4-18-19(7-12)28-11-27-18/h1-9H,10-11H2. The summed E-state index contributed by atoms with van der Waals surface area (Å²) in [5.41, 5.74) is 2.33. The maximum absolute atomic E-state index is 13.2. The van der Waals surface area contributed by atoms with Crippen molar-refractivity contribution in [2.45, 2.75) is 6.54 Å². The lowest BCUT2D eigenvalue weighted by molar-refractivity contribution is 0.174. The van der Waals surface area contributed by atoms with E-state index in [0.29, 0.717) is 28.3 Å². The zero-order valence-electron chi connectivity index (χ0n) is 14.4. The van der Waals surface area contributed by atoms with Gasteiger partial charge in [-0.05, 0) is 42.0 Å². The molecule has 6 nitrogen and oxygen atoms in total. The quantitative estimate of drug-likeness (QED) is 0.528. The summed E-state index contributed by atoms with van der Waals surface area (Å²) in [6.07, 6.45) is 3.33. The molecule has 140 valence electrons. The van der Waals surface area contributed by atoms with E-state index < -0.39 is 5.82 Å². The van der Waals surface area contributed by atoms with Crippen LogP contribution in [0.1, 0.15) is 5.56 Å². The van der Waals surface area contributed by atoms with Crippen molar-refractivity contribution < 1.29 is 13.9 Å². The van der Waals surface area contributed by atoms with Crippen molar-refractivity contribution >= 4 is 17.1 Å². The van der Waals surface area contributed by atoms with Crippen LogP contribution in [0.15, 0.2) is 59.7 Å². The smallest absolute Gasteiger partial charge is 0.276 e. The van der Waals surface area contributed by atoms with Crippen molar-refractivity contribution in [2.24, 2.45) is 0 Å². The van der Waals surface area contributed by atoms with Crippen LogP contribution in [0.25, 0.3) is 16.8 Å². The number of rotatable bonds is 3. The van der Waals surface area contributed by atoms with Crippen molar-refractivity contribution in [2.75, 3.05) is 6.79 Å². The molecule has 1 aliphatic heterocycles. The van der Waals surface area contributed by atoms with Gasteiger partial charge in [-0.1, -0.05) is 17.7 Å². The Morgan fingerprint density at radius 2 is 1.93 bits per heavy atom. The molecular weight excluding hydrogens is 385 g/mol. The Morgan fingerprint density at radius 3 is 2.79 bits per heavy atom. The fourth-order valence-electron chi connectivity index (χ4n) is 3.18. The van der Waals surface area contributed by atoms with Crippen molar-refractivity contribution in [3.8, 4) is 22.8 Å². The molecule has 0 atom stereocenters. The summed E-state index contributed by atoms with van der Waals surface area (Å²) >= 11 is 6.09. The molecule has 2 aromatic carbocycles. The summed E-state index contributed by atoms with van der Waals surface area (Å²) in [5.74, 6) is 0.921. The molecule has 0 N–H and O–H groups in total. The van der Waals surface area contributed by atoms with E-state index in [2.05, 4.69) is 5.10 Å². The van der Waals surface area contributed by atoms with E-state index in [1.165, 1.54) is 21.2 Å². The zero-order chi connectivity index (χ0) is 19.3. The lowest BCUT2D eigenvalue weighted by Gasteiger charge is -2.08. The fraction of sp³-hybridized carbons (Fsp3) is 0.100. The predicted octanol–water partition coefficient (Wildman–Crippen LogP) is 3.73. The average Bonchev–Trinajstić information content (AvgIpc) is 3.32. The predicted molar refractivity (Wildman–Crippen MR) is 102 cm³/mol. The molecule has 8 heteroatoms. The van der Waals surface area contributed by atoms with Crippen molar-refractivity contribution in [1.29, 1.82) is 0 Å². The molecule has 28 heavy (non-hydrogen) atoms. The minimum absolute atomic E-state index is 0.195. The van der Waals surface area contributed by atoms with Gasteiger partial charge in [0.25, 0.3) is 5.56 Å². The van der Waals surface area contributed by atoms with E-state index in [0.717, 1.165) is 5.56 Å². The highest BCUT2D eigenvalue weighted by Gasteiger charge is 2.16. The maximum Gasteiger partial charge on any atom is 0.276 e. The summed E-state index contributed by atoms with van der Waals surface area (Å²) < 4.78 is 27.0. The Balaban J connectivity index is 1.54. The number of aromatic nitrogens is 3. The summed E-state index contributed by atoms with van der Waals surface area (Å²) in [6.45, 7) is 0.430. The van der Waals surface area contributed by atoms with E-state index in [4.69, 9.17) is 21.1 Å². The second-order valence-electron chi connectivity index (χ2n) is 6.39. The minimum Gasteiger partial charge on any atom is -0.454 e. The first-order chi connectivity index (χ1) is 13.6. The van der Waals surface area contributed by atoms with Crippen LogP contribution in [-0.4, -0.2) is 21.0 Å². The molecule has 0 bridgehead atoms. The van der Waals surface area contributed by atoms with Crippen LogP contribution in [-0.2, 0) is 6.54 Å². The molecule has 1 aliphatic rings. The van der Waals surface area contributed by atoms with Gasteiger partial charge in [-0.3, -0.25) is 4.79 Å². The number of hydrogen-bond acceptors (Lipinski definition) is 4. The first kappa shape index (κ1) is 16.8. The molecular formula is C20H13ClFN3O3. The van der Waals surface area contributed by atoms with Crippen molar-refractivity contribution in [3.63, 3.8) is 0 Å². The van der Waals surface area contributed by atoms with Crippen LogP contribution in [0.2, 0.25) is 5.02 Å². The Labute approximate surface area is 163 Å². The van der Waals surface area contributed by atoms with Gasteiger partial charge in [-0.15, -0.1) is 0 Å². The fourth-order valence-corrected chi connectivity index (χ4v) is 3.41. The Hall–Kier alpha value is -3.32. The number of nitrogens with zero attached hydrogens (tertiary/aromatic N) is 3. The molecule has 0 amide bonds. The molecule has 0 saturated heterocycles. The van der Waals surface area contributed by atoms with Gasteiger partial charge < -0.3 is 14.0 Å². The first-order valence-corrected chi connectivity index (χ1v) is 8.89. The summed E-state index contributed by atoms with van der Waals surface area (Å²) in [4.78, 5) is 12.9. The van der Waals surface area contributed by atoms with Gasteiger partial charge in [0.2, 0.25) is 6.79 Å². The summed E-state index contributed by atoms with van der Waals surface area (Å²) in [5, 5.41) is 4.76. The lowest BCUT2D eigenvalue weighted by atomic mass is 10.1. The number of hydrogen-bond donors (Lipinski definition) is 0. The van der Waals surface area contributed by atoms with E-state index in [1.54, 1.807) is 24.5 Å². The molecule has 0 unspecified atom stereocenters. The van der Waals surface area contributed by atoms with Crippen LogP contribution < -0.4 is 15.0 Å². The molecule has 0 fully saturated rings. The van der Waals surface area contributed by atoms with E-state index in [1.807, 2.05) is 18.2 Å². The normalized spacial score (nSPS) is 12.6. The van der Waals surface area contributed by atoms with E-state index >= 15 is 0 Å². The lowest BCUT2D eigenvalue weighted by Crippen LogP contribution is -2.21. The van der Waals surface area contributed by atoms with Crippen LogP contribution in [0.4, 0.5) is 4.39 Å². The van der Waals surface area contributed by atoms with Crippen LogP contribution >= 0.6 is 11.6 Å². The molecule has 0 spiro atoms. The van der Waals surface area contributed by atoms with Gasteiger partial charge in [0, 0.05) is 23.0 Å². The van der Waals surface area contributed by atoms with Crippen LogP contribution in [0.3, 0.4) is 0 Å². The maximum atomic E-state index is 13.2. The number of fused-ring (bicyclic) bond motifs is 2. The third-order valence-corrected chi connectivity index (χ3v) is 4.98. The van der Waals surface area contributed by atoms with Gasteiger partial charge in [0.15, 0.2) is 11.5 Å². The molecule has 4 aromatic rings. The zero-order valence-corrected chi connectivity index (χ0v) is 15.2. The highest BCUT2D eigenvalue weighted by atomic mass is 35.5. The van der Waals surface area contributed by atoms with E-state index in [9.17, 15) is 9.18 Å². The van der Waals surface area contributed by atoms with Gasteiger partial charge in [0.1, 0.15) is 11.3 Å². The Bertz CT molecular complexity index is 1280. The minimum atomic E-state index is -0.416. The molecule has 2 aromatic heterocycles. The number of halogens is 2. The summed E-state index contributed by atoms with van der Waals surface area (Å²) in [7, 11) is 0. The molecule has 5 rings (SSSR count). The number of benzene rings is 2. The molecule has 0 saturated carbocycles. The van der Waals surface area contributed by atoms with E-state index in [-0.39, 0.29) is 23.9 Å². The summed E-state index contributed by atoms with van der Waals surface area (Å²) in [6, 6.07) is 11.4. The van der Waals surface area contributed by atoms with Crippen LogP contribution in [0.5, 0.6) is 11.5 Å². The third kappa shape index (κ3) is 2.80. The SMILES string of the molecule is O=c1c2cc(-c3ccc4c(c3)OCO4)nn2ccn1Cc1ccc(F)cc1Cl. The van der Waals surface area contributed by atoms with Gasteiger partial charge >= 0.3 is 0 Å². The molecule has 3 heterocycles. The van der Waals surface area contributed by atoms with Gasteiger partial charge in [-0.25, -0.2) is 8.91 Å². The largest absolute Gasteiger partial charge is 0.454 e. The third-order valence-electron chi connectivity index (χ3n) is 4.63. The molecule has 0 radical (unpaired) electrons. The second kappa shape index (κ2) is 6.38.